The van der Waals surface area contributed by atoms with Crippen molar-refractivity contribution < 1.29 is 14.3 Å². The van der Waals surface area contributed by atoms with Crippen molar-refractivity contribution >= 4 is 5.97 Å². The molecule has 140 valence electrons. The summed E-state index contributed by atoms with van der Waals surface area (Å²) in [5.74, 6) is -0.0983. The van der Waals surface area contributed by atoms with E-state index in [1.165, 1.54) is 6.20 Å². The number of benzene rings is 1. The van der Waals surface area contributed by atoms with Crippen LogP contribution in [-0.2, 0) is 11.3 Å². The fourth-order valence-electron chi connectivity index (χ4n) is 2.73. The van der Waals surface area contributed by atoms with E-state index >= 15 is 0 Å². The van der Waals surface area contributed by atoms with Crippen LogP contribution < -0.4 is 10.2 Å². The van der Waals surface area contributed by atoms with Crippen LogP contribution in [0, 0.1) is 13.8 Å². The Labute approximate surface area is 156 Å². The van der Waals surface area contributed by atoms with Gasteiger partial charge in [0.2, 0.25) is 5.43 Å². The first-order valence-corrected chi connectivity index (χ1v) is 8.64. The van der Waals surface area contributed by atoms with E-state index < -0.39 is 11.4 Å². The number of aromatic nitrogens is 3. The molecule has 0 fully saturated rings. The molecule has 7 heteroatoms. The Morgan fingerprint density at radius 1 is 1.19 bits per heavy atom. The number of nitrogens with one attached hydrogen (secondary N) is 1. The molecule has 0 saturated heterocycles. The number of aryl methyl sites for hydroxylation is 2. The molecule has 3 rings (SSSR count). The SMILES string of the molecule is CCOC(=O)c1cn(Cc2c(C)n[nH]c2C)cc(Oc2ccccc2)c1=O. The van der Waals surface area contributed by atoms with Crippen molar-refractivity contribution in [1.82, 2.24) is 14.8 Å². The van der Waals surface area contributed by atoms with Crippen molar-refractivity contribution in [1.29, 1.82) is 0 Å². The molecule has 0 unspecified atom stereocenters. The van der Waals surface area contributed by atoms with Crippen molar-refractivity contribution in [2.45, 2.75) is 27.3 Å². The monoisotopic (exact) mass is 367 g/mol. The summed E-state index contributed by atoms with van der Waals surface area (Å²) in [7, 11) is 0. The number of carbonyl (C=O) groups excluding carboxylic acids is 1. The fraction of sp³-hybridized carbons (Fsp3) is 0.250. The molecule has 0 saturated carbocycles. The van der Waals surface area contributed by atoms with Crippen LogP contribution in [0.1, 0.15) is 34.2 Å². The number of aromatic amines is 1. The number of ether oxygens (including phenoxy) is 2. The molecule has 27 heavy (non-hydrogen) atoms. The maximum atomic E-state index is 12.7. The zero-order chi connectivity index (χ0) is 19.4. The van der Waals surface area contributed by atoms with Gasteiger partial charge in [0.05, 0.1) is 25.0 Å². The summed E-state index contributed by atoms with van der Waals surface area (Å²) in [6, 6.07) is 8.95. The normalized spacial score (nSPS) is 10.6. The Balaban J connectivity index is 2.04. The van der Waals surface area contributed by atoms with Crippen LogP contribution in [0.3, 0.4) is 0 Å². The van der Waals surface area contributed by atoms with E-state index in [1.54, 1.807) is 42.0 Å². The molecule has 0 radical (unpaired) electrons. The van der Waals surface area contributed by atoms with E-state index in [2.05, 4.69) is 10.2 Å². The average Bonchev–Trinajstić information content (AvgIpc) is 2.97. The lowest BCUT2D eigenvalue weighted by Gasteiger charge is -2.13. The summed E-state index contributed by atoms with van der Waals surface area (Å²) in [6.07, 6.45) is 3.08. The number of para-hydroxylation sites is 1. The average molecular weight is 367 g/mol. The number of esters is 1. The third-order valence-electron chi connectivity index (χ3n) is 4.13. The molecule has 1 aromatic carbocycles. The van der Waals surface area contributed by atoms with E-state index in [4.69, 9.17) is 9.47 Å². The molecule has 0 aliphatic rings. The summed E-state index contributed by atoms with van der Waals surface area (Å²) < 4.78 is 12.5. The summed E-state index contributed by atoms with van der Waals surface area (Å²) in [5, 5.41) is 7.12. The van der Waals surface area contributed by atoms with Gasteiger partial charge in [0.25, 0.3) is 0 Å². The number of carbonyl (C=O) groups is 1. The van der Waals surface area contributed by atoms with E-state index in [0.717, 1.165) is 17.0 Å². The standard InChI is InChI=1S/C20H21N3O4/c1-4-26-20(25)17-11-23(10-16-13(2)21-22-14(16)3)12-18(19(17)24)27-15-8-6-5-7-9-15/h5-9,11-12H,4,10H2,1-3H3,(H,21,22). The van der Waals surface area contributed by atoms with Gasteiger partial charge in [-0.1, -0.05) is 18.2 Å². The van der Waals surface area contributed by atoms with Gasteiger partial charge in [-0.15, -0.1) is 0 Å². The second-order valence-corrected chi connectivity index (χ2v) is 6.09. The lowest BCUT2D eigenvalue weighted by molar-refractivity contribution is 0.0523. The van der Waals surface area contributed by atoms with Gasteiger partial charge in [0, 0.05) is 17.5 Å². The maximum Gasteiger partial charge on any atom is 0.343 e. The predicted octanol–water partition coefficient (Wildman–Crippen LogP) is 3.21. The Bertz CT molecular complexity index is 986. The van der Waals surface area contributed by atoms with Crippen molar-refractivity contribution in [2.24, 2.45) is 0 Å². The lowest BCUT2D eigenvalue weighted by Crippen LogP contribution is -2.21. The molecule has 3 aromatic rings. The first-order chi connectivity index (χ1) is 13.0. The number of hydrogen-bond donors (Lipinski definition) is 1. The molecule has 0 aliphatic heterocycles. The third-order valence-corrected chi connectivity index (χ3v) is 4.13. The van der Waals surface area contributed by atoms with Crippen molar-refractivity contribution in [3.8, 4) is 11.5 Å². The van der Waals surface area contributed by atoms with Gasteiger partial charge in [-0.25, -0.2) is 4.79 Å². The van der Waals surface area contributed by atoms with Gasteiger partial charge in [-0.2, -0.15) is 5.10 Å². The van der Waals surface area contributed by atoms with E-state index in [9.17, 15) is 9.59 Å². The van der Waals surface area contributed by atoms with E-state index in [1.807, 2.05) is 19.9 Å². The minimum Gasteiger partial charge on any atom is -0.462 e. The molecule has 1 N–H and O–H groups in total. The summed E-state index contributed by atoms with van der Waals surface area (Å²) in [6.45, 7) is 6.13. The molecule has 2 aromatic heterocycles. The number of rotatable bonds is 6. The quantitative estimate of drug-likeness (QED) is 0.676. The third kappa shape index (κ3) is 4.08. The highest BCUT2D eigenvalue weighted by atomic mass is 16.5. The molecule has 2 heterocycles. The van der Waals surface area contributed by atoms with Crippen LogP contribution >= 0.6 is 0 Å². The molecule has 0 spiro atoms. The van der Waals surface area contributed by atoms with Gasteiger partial charge in [-0.3, -0.25) is 9.89 Å². The number of pyridine rings is 1. The van der Waals surface area contributed by atoms with E-state index in [-0.39, 0.29) is 17.9 Å². The molecule has 7 nitrogen and oxygen atoms in total. The molecule has 0 aliphatic carbocycles. The molecular weight excluding hydrogens is 346 g/mol. The molecule has 0 amide bonds. The Hall–Kier alpha value is -3.35. The Kier molecular flexibility index (Phi) is 5.40. The van der Waals surface area contributed by atoms with Crippen LogP contribution in [0.25, 0.3) is 0 Å². The minimum atomic E-state index is -0.671. The maximum absolute atomic E-state index is 12.7. The lowest BCUT2D eigenvalue weighted by atomic mass is 10.2. The first-order valence-electron chi connectivity index (χ1n) is 8.64. The van der Waals surface area contributed by atoms with Crippen LogP contribution in [0.5, 0.6) is 11.5 Å². The minimum absolute atomic E-state index is 0.0607. The van der Waals surface area contributed by atoms with Gasteiger partial charge in [0.15, 0.2) is 5.75 Å². The smallest absolute Gasteiger partial charge is 0.343 e. The van der Waals surface area contributed by atoms with Crippen molar-refractivity contribution in [3.05, 3.63) is 75.5 Å². The first kappa shape index (κ1) is 18.4. The Morgan fingerprint density at radius 2 is 1.93 bits per heavy atom. The topological polar surface area (TPSA) is 86.2 Å². The molecular formula is C20H21N3O4. The molecule has 0 bridgehead atoms. The fourth-order valence-corrected chi connectivity index (χ4v) is 2.73. The van der Waals surface area contributed by atoms with Crippen molar-refractivity contribution in [3.63, 3.8) is 0 Å². The zero-order valence-electron chi connectivity index (χ0n) is 15.5. The van der Waals surface area contributed by atoms with Gasteiger partial charge in [0.1, 0.15) is 11.3 Å². The largest absolute Gasteiger partial charge is 0.462 e. The number of hydrogen-bond acceptors (Lipinski definition) is 5. The van der Waals surface area contributed by atoms with E-state index in [0.29, 0.717) is 12.3 Å². The van der Waals surface area contributed by atoms with Gasteiger partial charge in [-0.05, 0) is 32.9 Å². The summed E-state index contributed by atoms with van der Waals surface area (Å²) >= 11 is 0. The van der Waals surface area contributed by atoms with Crippen LogP contribution in [0.15, 0.2) is 47.5 Å². The van der Waals surface area contributed by atoms with Gasteiger partial charge >= 0.3 is 5.97 Å². The number of H-pyrrole nitrogens is 1. The summed E-state index contributed by atoms with van der Waals surface area (Å²) in [4.78, 5) is 25.0. The highest BCUT2D eigenvalue weighted by Gasteiger charge is 2.18. The zero-order valence-corrected chi connectivity index (χ0v) is 15.5. The summed E-state index contributed by atoms with van der Waals surface area (Å²) in [5.41, 5.74) is 2.20. The Morgan fingerprint density at radius 3 is 2.56 bits per heavy atom. The van der Waals surface area contributed by atoms with Crippen LogP contribution in [0.4, 0.5) is 0 Å². The molecule has 0 atom stereocenters. The highest BCUT2D eigenvalue weighted by Crippen LogP contribution is 2.19. The second-order valence-electron chi connectivity index (χ2n) is 6.09. The number of nitrogens with zero attached hydrogens (tertiary/aromatic N) is 2. The predicted molar refractivity (Wildman–Crippen MR) is 100 cm³/mol. The highest BCUT2D eigenvalue weighted by molar-refractivity contribution is 5.89. The van der Waals surface area contributed by atoms with Crippen LogP contribution in [-0.4, -0.2) is 27.3 Å². The second kappa shape index (κ2) is 7.90. The van der Waals surface area contributed by atoms with Crippen molar-refractivity contribution in [2.75, 3.05) is 6.61 Å². The van der Waals surface area contributed by atoms with Crippen LogP contribution in [0.2, 0.25) is 0 Å². The van der Waals surface area contributed by atoms with Gasteiger partial charge < -0.3 is 14.0 Å².